The average Bonchev–Trinajstić information content (AvgIpc) is 2.48. The SMILES string of the molecule is CC(C)c1ccccc1O[C@@H](Cc1ccccc1)C(=O)O. The smallest absolute Gasteiger partial charge is 0.345 e. The van der Waals surface area contributed by atoms with Crippen LogP contribution in [-0.4, -0.2) is 17.2 Å². The number of benzene rings is 2. The summed E-state index contributed by atoms with van der Waals surface area (Å²) in [6.07, 6.45) is -0.532. The van der Waals surface area contributed by atoms with E-state index in [9.17, 15) is 9.90 Å². The van der Waals surface area contributed by atoms with Crippen LogP contribution in [0.2, 0.25) is 0 Å². The van der Waals surface area contributed by atoms with Gasteiger partial charge in [-0.25, -0.2) is 4.79 Å². The molecule has 0 unspecified atom stereocenters. The molecule has 1 N–H and O–H groups in total. The lowest BCUT2D eigenvalue weighted by Gasteiger charge is -2.19. The fourth-order valence-electron chi connectivity index (χ4n) is 2.23. The Kier molecular flexibility index (Phi) is 4.99. The van der Waals surface area contributed by atoms with Crippen molar-refractivity contribution >= 4 is 5.97 Å². The van der Waals surface area contributed by atoms with Crippen molar-refractivity contribution in [2.45, 2.75) is 32.3 Å². The summed E-state index contributed by atoms with van der Waals surface area (Å²) in [6, 6.07) is 17.1. The van der Waals surface area contributed by atoms with E-state index in [2.05, 4.69) is 13.8 Å². The van der Waals surface area contributed by atoms with Gasteiger partial charge in [-0.05, 0) is 23.1 Å². The molecule has 1 atom stereocenters. The van der Waals surface area contributed by atoms with Gasteiger partial charge in [0.25, 0.3) is 0 Å². The molecule has 0 aliphatic heterocycles. The van der Waals surface area contributed by atoms with Gasteiger partial charge in [-0.2, -0.15) is 0 Å². The molecule has 0 radical (unpaired) electrons. The van der Waals surface area contributed by atoms with E-state index in [1.807, 2.05) is 54.6 Å². The summed E-state index contributed by atoms with van der Waals surface area (Å²) in [5.41, 5.74) is 1.98. The van der Waals surface area contributed by atoms with Crippen LogP contribution < -0.4 is 4.74 Å². The van der Waals surface area contributed by atoms with E-state index in [0.29, 0.717) is 12.2 Å². The molecule has 0 aliphatic rings. The van der Waals surface area contributed by atoms with Gasteiger partial charge in [0, 0.05) is 6.42 Å². The zero-order chi connectivity index (χ0) is 15.2. The highest BCUT2D eigenvalue weighted by atomic mass is 16.5. The fourth-order valence-corrected chi connectivity index (χ4v) is 2.23. The van der Waals surface area contributed by atoms with Gasteiger partial charge < -0.3 is 9.84 Å². The Morgan fingerprint density at radius 3 is 2.29 bits per heavy atom. The highest BCUT2D eigenvalue weighted by molar-refractivity contribution is 5.73. The lowest BCUT2D eigenvalue weighted by Crippen LogP contribution is -2.29. The molecule has 2 aromatic carbocycles. The minimum atomic E-state index is -0.947. The summed E-state index contributed by atoms with van der Waals surface area (Å²) in [5, 5.41) is 9.40. The lowest BCUT2D eigenvalue weighted by molar-refractivity contribution is -0.145. The molecule has 0 heterocycles. The van der Waals surface area contributed by atoms with Crippen LogP contribution in [0.5, 0.6) is 5.75 Å². The fraction of sp³-hybridized carbons (Fsp3) is 0.278. The number of para-hydroxylation sites is 1. The minimum Gasteiger partial charge on any atom is -0.478 e. The molecule has 3 heteroatoms. The zero-order valence-corrected chi connectivity index (χ0v) is 12.3. The largest absolute Gasteiger partial charge is 0.478 e. The van der Waals surface area contributed by atoms with Crippen LogP contribution in [0.15, 0.2) is 54.6 Å². The molecule has 0 saturated carbocycles. The first kappa shape index (κ1) is 15.1. The van der Waals surface area contributed by atoms with Crippen LogP contribution in [-0.2, 0) is 11.2 Å². The summed E-state index contributed by atoms with van der Waals surface area (Å²) >= 11 is 0. The zero-order valence-electron chi connectivity index (χ0n) is 12.3. The Hall–Kier alpha value is -2.29. The van der Waals surface area contributed by atoms with Gasteiger partial charge >= 0.3 is 5.97 Å². The van der Waals surface area contributed by atoms with Gasteiger partial charge in [0.1, 0.15) is 5.75 Å². The second kappa shape index (κ2) is 6.93. The molecule has 110 valence electrons. The topological polar surface area (TPSA) is 46.5 Å². The maximum atomic E-state index is 11.5. The number of hydrogen-bond acceptors (Lipinski definition) is 2. The molecular weight excluding hydrogens is 264 g/mol. The standard InChI is InChI=1S/C18H20O3/c1-13(2)15-10-6-7-11-16(15)21-17(18(19)20)12-14-8-4-3-5-9-14/h3-11,13,17H,12H2,1-2H3,(H,19,20)/t17-/m0/s1. The van der Waals surface area contributed by atoms with Crippen LogP contribution in [0.3, 0.4) is 0 Å². The molecule has 0 bridgehead atoms. The molecule has 2 aromatic rings. The van der Waals surface area contributed by atoms with Crippen molar-refractivity contribution in [2.24, 2.45) is 0 Å². The number of ether oxygens (including phenoxy) is 1. The van der Waals surface area contributed by atoms with Crippen molar-refractivity contribution in [1.82, 2.24) is 0 Å². The van der Waals surface area contributed by atoms with Crippen LogP contribution in [0.1, 0.15) is 30.9 Å². The monoisotopic (exact) mass is 284 g/mol. The summed E-state index contributed by atoms with van der Waals surface area (Å²) in [6.45, 7) is 4.13. The molecule has 0 amide bonds. The average molecular weight is 284 g/mol. The normalized spacial score (nSPS) is 12.1. The van der Waals surface area contributed by atoms with E-state index in [-0.39, 0.29) is 5.92 Å². The second-order valence-corrected chi connectivity index (χ2v) is 5.33. The van der Waals surface area contributed by atoms with Crippen molar-refractivity contribution in [2.75, 3.05) is 0 Å². The predicted molar refractivity (Wildman–Crippen MR) is 82.7 cm³/mol. The Morgan fingerprint density at radius 1 is 1.05 bits per heavy atom. The number of carbonyl (C=O) groups is 1. The van der Waals surface area contributed by atoms with Crippen molar-refractivity contribution in [1.29, 1.82) is 0 Å². The van der Waals surface area contributed by atoms with Crippen LogP contribution >= 0.6 is 0 Å². The van der Waals surface area contributed by atoms with E-state index in [1.165, 1.54) is 0 Å². The van der Waals surface area contributed by atoms with Crippen LogP contribution in [0.4, 0.5) is 0 Å². The molecule has 3 nitrogen and oxygen atoms in total. The van der Waals surface area contributed by atoms with Crippen LogP contribution in [0.25, 0.3) is 0 Å². The first-order valence-electron chi connectivity index (χ1n) is 7.10. The Bertz CT molecular complexity index is 590. The van der Waals surface area contributed by atoms with E-state index in [1.54, 1.807) is 0 Å². The third-order valence-electron chi connectivity index (χ3n) is 3.35. The third-order valence-corrected chi connectivity index (χ3v) is 3.35. The molecule has 0 spiro atoms. The van der Waals surface area contributed by atoms with Gasteiger partial charge in [0.05, 0.1) is 0 Å². The summed E-state index contributed by atoms with van der Waals surface area (Å²) in [5.74, 6) is -0.0133. The number of rotatable bonds is 6. The summed E-state index contributed by atoms with van der Waals surface area (Å²) in [4.78, 5) is 11.5. The van der Waals surface area contributed by atoms with E-state index < -0.39 is 12.1 Å². The Morgan fingerprint density at radius 2 is 1.67 bits per heavy atom. The van der Waals surface area contributed by atoms with Crippen molar-refractivity contribution in [3.05, 3.63) is 65.7 Å². The number of hydrogen-bond donors (Lipinski definition) is 1. The lowest BCUT2D eigenvalue weighted by atomic mass is 10.0. The van der Waals surface area contributed by atoms with Gasteiger partial charge in [-0.15, -0.1) is 0 Å². The molecule has 0 fully saturated rings. The first-order chi connectivity index (χ1) is 10.1. The molecule has 0 aliphatic carbocycles. The maximum absolute atomic E-state index is 11.5. The first-order valence-corrected chi connectivity index (χ1v) is 7.10. The molecule has 0 aromatic heterocycles. The Labute approximate surface area is 125 Å². The highest BCUT2D eigenvalue weighted by Crippen LogP contribution is 2.27. The van der Waals surface area contributed by atoms with Crippen LogP contribution in [0, 0.1) is 0 Å². The molecule has 2 rings (SSSR count). The Balaban J connectivity index is 2.19. The van der Waals surface area contributed by atoms with Crippen molar-refractivity contribution in [3.63, 3.8) is 0 Å². The second-order valence-electron chi connectivity index (χ2n) is 5.33. The predicted octanol–water partition coefficient (Wildman–Crippen LogP) is 3.88. The van der Waals surface area contributed by atoms with Crippen molar-refractivity contribution in [3.8, 4) is 5.75 Å². The third kappa shape index (κ3) is 4.09. The van der Waals surface area contributed by atoms with E-state index in [4.69, 9.17) is 4.74 Å². The van der Waals surface area contributed by atoms with E-state index >= 15 is 0 Å². The van der Waals surface area contributed by atoms with Gasteiger partial charge in [0.2, 0.25) is 0 Å². The van der Waals surface area contributed by atoms with Crippen molar-refractivity contribution < 1.29 is 14.6 Å². The maximum Gasteiger partial charge on any atom is 0.345 e. The molecule has 21 heavy (non-hydrogen) atoms. The quantitative estimate of drug-likeness (QED) is 0.875. The van der Waals surface area contributed by atoms with E-state index in [0.717, 1.165) is 11.1 Å². The number of carboxylic acids is 1. The highest BCUT2D eigenvalue weighted by Gasteiger charge is 2.21. The van der Waals surface area contributed by atoms with Gasteiger partial charge in [-0.3, -0.25) is 0 Å². The number of aliphatic carboxylic acids is 1. The summed E-state index contributed by atoms with van der Waals surface area (Å²) in [7, 11) is 0. The molecular formula is C18H20O3. The summed E-state index contributed by atoms with van der Waals surface area (Å²) < 4.78 is 5.77. The minimum absolute atomic E-state index is 0.285. The van der Waals surface area contributed by atoms with Gasteiger partial charge in [0.15, 0.2) is 6.10 Å². The van der Waals surface area contributed by atoms with Gasteiger partial charge in [-0.1, -0.05) is 62.4 Å². The molecule has 0 saturated heterocycles. The number of carboxylic acid groups (broad SMARTS) is 1.